The number of ether oxygens (including phenoxy) is 1. The van der Waals surface area contributed by atoms with E-state index in [1.807, 2.05) is 6.92 Å². The number of aromatic nitrogens is 2. The zero-order valence-corrected chi connectivity index (χ0v) is 16.4. The second-order valence-electron chi connectivity index (χ2n) is 6.84. The van der Waals surface area contributed by atoms with Crippen LogP contribution in [0.3, 0.4) is 0 Å². The number of carbonyl (C=O) groups is 1. The predicted molar refractivity (Wildman–Crippen MR) is 101 cm³/mol. The van der Waals surface area contributed by atoms with Gasteiger partial charge in [-0.25, -0.2) is 18.4 Å². The number of nitrogens with zero attached hydrogens (tertiary/aromatic N) is 4. The summed E-state index contributed by atoms with van der Waals surface area (Å²) in [5.41, 5.74) is 0.336. The molecule has 28 heavy (non-hydrogen) atoms. The molecule has 1 fully saturated rings. The van der Waals surface area contributed by atoms with Gasteiger partial charge >= 0.3 is 0 Å². The Balaban J connectivity index is 1.64. The van der Waals surface area contributed by atoms with Crippen molar-refractivity contribution in [3.63, 3.8) is 0 Å². The minimum Gasteiger partial charge on any atom is -0.487 e. The zero-order chi connectivity index (χ0) is 19.7. The predicted octanol–water partition coefficient (Wildman–Crippen LogP) is 1.55. The summed E-state index contributed by atoms with van der Waals surface area (Å²) in [6.07, 6.45) is 3.61. The van der Waals surface area contributed by atoms with Gasteiger partial charge in [-0.15, -0.1) is 0 Å². The van der Waals surface area contributed by atoms with E-state index in [0.717, 1.165) is 0 Å². The number of likely N-dealkylation sites (N-methyl/N-ethyl adjacent to an activating group) is 1. The maximum atomic E-state index is 13.2. The highest BCUT2D eigenvalue weighted by molar-refractivity contribution is 7.89. The molecule has 2 aliphatic heterocycles. The fraction of sp³-hybridized carbons (Fsp3) is 0.421. The first-order valence-corrected chi connectivity index (χ1v) is 10.8. The van der Waals surface area contributed by atoms with Crippen LogP contribution in [-0.2, 0) is 10.0 Å². The third kappa shape index (κ3) is 3.24. The molecule has 9 heteroatoms. The van der Waals surface area contributed by atoms with Gasteiger partial charge in [0.15, 0.2) is 0 Å². The number of hydrogen-bond donors (Lipinski definition) is 0. The van der Waals surface area contributed by atoms with Crippen LogP contribution in [0.25, 0.3) is 0 Å². The van der Waals surface area contributed by atoms with Crippen molar-refractivity contribution in [3.8, 4) is 5.75 Å². The van der Waals surface area contributed by atoms with Crippen molar-refractivity contribution in [1.29, 1.82) is 0 Å². The van der Waals surface area contributed by atoms with E-state index >= 15 is 0 Å². The number of sulfonamides is 1. The first-order chi connectivity index (χ1) is 13.5. The molecule has 0 saturated carbocycles. The molecule has 8 nitrogen and oxygen atoms in total. The Hall–Kier alpha value is -2.52. The van der Waals surface area contributed by atoms with Crippen molar-refractivity contribution in [2.45, 2.75) is 36.8 Å². The highest BCUT2D eigenvalue weighted by Gasteiger charge is 2.43. The number of amides is 1. The summed E-state index contributed by atoms with van der Waals surface area (Å²) in [5.74, 6) is 0.203. The van der Waals surface area contributed by atoms with Crippen LogP contribution in [0, 0.1) is 0 Å². The molecule has 0 bridgehead atoms. The Kier molecular flexibility index (Phi) is 5.03. The average molecular weight is 402 g/mol. The minimum atomic E-state index is -3.66. The van der Waals surface area contributed by atoms with Crippen molar-refractivity contribution in [2.24, 2.45) is 0 Å². The summed E-state index contributed by atoms with van der Waals surface area (Å²) in [7, 11) is -3.66. The lowest BCUT2D eigenvalue weighted by atomic mass is 10.1. The molecule has 0 aliphatic carbocycles. The summed E-state index contributed by atoms with van der Waals surface area (Å²) in [6.45, 7) is 3.10. The van der Waals surface area contributed by atoms with Gasteiger partial charge in [-0.05, 0) is 24.6 Å². The van der Waals surface area contributed by atoms with Gasteiger partial charge in [0, 0.05) is 32.3 Å². The van der Waals surface area contributed by atoms with E-state index < -0.39 is 10.0 Å². The molecule has 1 saturated heterocycles. The van der Waals surface area contributed by atoms with E-state index in [1.54, 1.807) is 35.2 Å². The second-order valence-corrected chi connectivity index (χ2v) is 8.70. The van der Waals surface area contributed by atoms with E-state index in [0.29, 0.717) is 43.9 Å². The third-order valence-electron chi connectivity index (χ3n) is 5.29. The number of benzene rings is 1. The smallest absolute Gasteiger partial charge is 0.272 e. The Morgan fingerprint density at radius 1 is 1.21 bits per heavy atom. The Morgan fingerprint density at radius 2 is 2.00 bits per heavy atom. The summed E-state index contributed by atoms with van der Waals surface area (Å²) in [6, 6.07) is 8.01. The lowest BCUT2D eigenvalue weighted by Gasteiger charge is -2.30. The van der Waals surface area contributed by atoms with Crippen molar-refractivity contribution >= 4 is 15.9 Å². The van der Waals surface area contributed by atoms with Gasteiger partial charge < -0.3 is 9.64 Å². The van der Waals surface area contributed by atoms with Crippen LogP contribution in [0.5, 0.6) is 5.75 Å². The SMILES string of the molecule is CCN1[C@@H]2CCN(C(=O)c3ccncn3)CC[C@H]2Oc2ccccc2S1(=O)=O. The van der Waals surface area contributed by atoms with Gasteiger partial charge in [0.05, 0.1) is 6.04 Å². The highest BCUT2D eigenvalue weighted by Crippen LogP contribution is 2.36. The standard InChI is InChI=1S/C19H22N4O4S/c1-2-23-15-8-11-22(19(24)14-7-10-20-13-21-14)12-9-16(15)27-17-5-3-4-6-18(17)28(23,25)26/h3-7,10,13,15-16H,2,8-9,11-12H2,1H3/t15-,16-/m1/s1. The highest BCUT2D eigenvalue weighted by atomic mass is 32.2. The minimum absolute atomic E-state index is 0.176. The molecule has 4 rings (SSSR count). The number of carbonyl (C=O) groups excluding carboxylic acids is 1. The molecule has 0 radical (unpaired) electrons. The average Bonchev–Trinajstić information content (AvgIpc) is 2.96. The van der Waals surface area contributed by atoms with Crippen LogP contribution in [0.15, 0.2) is 47.8 Å². The first kappa shape index (κ1) is 18.8. The quantitative estimate of drug-likeness (QED) is 0.757. The summed E-state index contributed by atoms with van der Waals surface area (Å²) in [5, 5.41) is 0. The van der Waals surface area contributed by atoms with Gasteiger partial charge in [0.2, 0.25) is 10.0 Å². The molecule has 2 atom stereocenters. The molecular weight excluding hydrogens is 380 g/mol. The van der Waals surface area contributed by atoms with Crippen LogP contribution in [0.1, 0.15) is 30.3 Å². The Labute approximate surface area is 164 Å². The summed E-state index contributed by atoms with van der Waals surface area (Å²) in [4.78, 5) is 22.6. The van der Waals surface area contributed by atoms with Crippen molar-refractivity contribution in [3.05, 3.63) is 48.5 Å². The third-order valence-corrected chi connectivity index (χ3v) is 7.33. The normalized spacial score (nSPS) is 24.2. The van der Waals surface area contributed by atoms with Crippen LogP contribution in [0.4, 0.5) is 0 Å². The van der Waals surface area contributed by atoms with Gasteiger partial charge in [-0.2, -0.15) is 4.31 Å². The van der Waals surface area contributed by atoms with Crippen LogP contribution in [0.2, 0.25) is 0 Å². The second kappa shape index (κ2) is 7.48. The molecule has 1 amide bonds. The van der Waals surface area contributed by atoms with E-state index in [-0.39, 0.29) is 22.9 Å². The number of para-hydroxylation sites is 1. The number of hydrogen-bond acceptors (Lipinski definition) is 6. The molecule has 148 valence electrons. The molecule has 3 heterocycles. The van der Waals surface area contributed by atoms with Crippen LogP contribution >= 0.6 is 0 Å². The van der Waals surface area contributed by atoms with Crippen LogP contribution in [-0.4, -0.2) is 65.3 Å². The van der Waals surface area contributed by atoms with Crippen molar-refractivity contribution in [2.75, 3.05) is 19.6 Å². The first-order valence-electron chi connectivity index (χ1n) is 9.35. The Bertz CT molecular complexity index is 967. The van der Waals surface area contributed by atoms with E-state index in [4.69, 9.17) is 4.74 Å². The summed E-state index contributed by atoms with van der Waals surface area (Å²) < 4.78 is 34.1. The lowest BCUT2D eigenvalue weighted by Crippen LogP contribution is -2.47. The largest absolute Gasteiger partial charge is 0.487 e. The zero-order valence-electron chi connectivity index (χ0n) is 15.6. The number of likely N-dealkylation sites (tertiary alicyclic amines) is 1. The summed E-state index contributed by atoms with van der Waals surface area (Å²) >= 11 is 0. The molecule has 2 aromatic rings. The monoisotopic (exact) mass is 402 g/mol. The molecule has 0 unspecified atom stereocenters. The molecule has 0 N–H and O–H groups in total. The molecule has 2 aliphatic rings. The fourth-order valence-electron chi connectivity index (χ4n) is 3.94. The molecule has 0 spiro atoms. The van der Waals surface area contributed by atoms with Gasteiger partial charge in [-0.1, -0.05) is 19.1 Å². The van der Waals surface area contributed by atoms with Crippen LogP contribution < -0.4 is 4.74 Å². The maximum Gasteiger partial charge on any atom is 0.272 e. The van der Waals surface area contributed by atoms with Gasteiger partial charge in [0.1, 0.15) is 28.8 Å². The van der Waals surface area contributed by atoms with Crippen molar-refractivity contribution in [1.82, 2.24) is 19.2 Å². The molecular formula is C19H22N4O4S. The lowest BCUT2D eigenvalue weighted by molar-refractivity contribution is 0.0749. The molecule has 1 aromatic carbocycles. The van der Waals surface area contributed by atoms with E-state index in [2.05, 4.69) is 9.97 Å². The topological polar surface area (TPSA) is 92.7 Å². The van der Waals surface area contributed by atoms with Crippen molar-refractivity contribution < 1.29 is 17.9 Å². The van der Waals surface area contributed by atoms with E-state index in [1.165, 1.54) is 16.8 Å². The number of fused-ring (bicyclic) bond motifs is 2. The maximum absolute atomic E-state index is 13.2. The van der Waals surface area contributed by atoms with E-state index in [9.17, 15) is 13.2 Å². The Morgan fingerprint density at radius 3 is 2.75 bits per heavy atom. The number of rotatable bonds is 2. The van der Waals surface area contributed by atoms with Gasteiger partial charge in [0.25, 0.3) is 5.91 Å². The fourth-order valence-corrected chi connectivity index (χ4v) is 5.75. The molecule has 1 aromatic heterocycles. The van der Waals surface area contributed by atoms with Gasteiger partial charge in [-0.3, -0.25) is 4.79 Å².